The Bertz CT molecular complexity index is 1340. The molecule has 2 aliphatic rings. The molecule has 0 radical (unpaired) electrons. The summed E-state index contributed by atoms with van der Waals surface area (Å²) >= 11 is 6.39. The zero-order chi connectivity index (χ0) is 25.2. The lowest BCUT2D eigenvalue weighted by atomic mass is 9.86. The lowest BCUT2D eigenvalue weighted by Crippen LogP contribution is -2.47. The van der Waals surface area contributed by atoms with Crippen LogP contribution in [0.1, 0.15) is 48.6 Å². The Kier molecular flexibility index (Phi) is 6.91. The van der Waals surface area contributed by atoms with E-state index in [1.54, 1.807) is 30.3 Å². The van der Waals surface area contributed by atoms with Gasteiger partial charge in [0.2, 0.25) is 0 Å². The zero-order valence-corrected chi connectivity index (χ0v) is 21.3. The number of rotatable bonds is 7. The van der Waals surface area contributed by atoms with Gasteiger partial charge in [-0.1, -0.05) is 43.1 Å². The summed E-state index contributed by atoms with van der Waals surface area (Å²) in [7, 11) is 0. The number of ether oxygens (including phenoxy) is 2. The normalized spacial score (nSPS) is 17.7. The molecule has 5 rings (SSSR count). The van der Waals surface area contributed by atoms with Crippen LogP contribution in [0, 0.1) is 17.2 Å². The Balaban J connectivity index is 1.41. The number of benzene rings is 3. The minimum Gasteiger partial charge on any atom is -0.508 e. The molecule has 3 aromatic rings. The summed E-state index contributed by atoms with van der Waals surface area (Å²) in [5.74, 6) is 2.55. The van der Waals surface area contributed by atoms with Crippen molar-refractivity contribution in [3.8, 4) is 23.3 Å². The Morgan fingerprint density at radius 1 is 1.11 bits per heavy atom. The summed E-state index contributed by atoms with van der Waals surface area (Å²) in [5, 5.41) is 19.8. The van der Waals surface area contributed by atoms with E-state index in [1.807, 2.05) is 37.3 Å². The Hall–Kier alpha value is -3.46. The number of aromatic hydroxyl groups is 1. The van der Waals surface area contributed by atoms with E-state index in [9.17, 15) is 10.4 Å². The van der Waals surface area contributed by atoms with Crippen LogP contribution in [0.3, 0.4) is 0 Å². The monoisotopic (exact) mass is 500 g/mol. The van der Waals surface area contributed by atoms with Gasteiger partial charge in [-0.3, -0.25) is 4.90 Å². The molecule has 1 fully saturated rings. The van der Waals surface area contributed by atoms with Gasteiger partial charge >= 0.3 is 0 Å². The maximum Gasteiger partial charge on any atom is 0.150 e. The quantitative estimate of drug-likeness (QED) is 0.391. The maximum absolute atomic E-state index is 10.1. The molecule has 1 atom stereocenters. The molecule has 2 heterocycles. The summed E-state index contributed by atoms with van der Waals surface area (Å²) in [5.41, 5.74) is 5.03. The second-order valence-corrected chi connectivity index (χ2v) is 9.88. The molecule has 0 bridgehead atoms. The van der Waals surface area contributed by atoms with Crippen molar-refractivity contribution in [1.82, 2.24) is 4.90 Å². The van der Waals surface area contributed by atoms with Crippen molar-refractivity contribution < 1.29 is 14.6 Å². The van der Waals surface area contributed by atoms with Crippen LogP contribution in [-0.4, -0.2) is 36.2 Å². The Morgan fingerprint density at radius 3 is 2.58 bits per heavy atom. The van der Waals surface area contributed by atoms with E-state index < -0.39 is 0 Å². The van der Waals surface area contributed by atoms with Crippen molar-refractivity contribution in [3.63, 3.8) is 0 Å². The van der Waals surface area contributed by atoms with Gasteiger partial charge in [-0.2, -0.15) is 5.26 Å². The van der Waals surface area contributed by atoms with Crippen LogP contribution in [0.25, 0.3) is 11.1 Å². The minimum atomic E-state index is -0.382. The van der Waals surface area contributed by atoms with Crippen LogP contribution in [-0.2, 0) is 0 Å². The summed E-state index contributed by atoms with van der Waals surface area (Å²) in [6.07, 6.45) is 0.866. The van der Waals surface area contributed by atoms with Gasteiger partial charge in [0.05, 0.1) is 10.6 Å². The molecule has 1 N–H and O–H groups in total. The molecule has 0 aliphatic carbocycles. The van der Waals surface area contributed by atoms with Crippen LogP contribution < -0.4 is 9.47 Å². The lowest BCUT2D eigenvalue weighted by molar-refractivity contribution is 0.0806. The first-order valence-corrected chi connectivity index (χ1v) is 12.7. The molecular formula is C30H29ClN2O3. The molecule has 1 saturated heterocycles. The molecule has 0 unspecified atom stereocenters. The van der Waals surface area contributed by atoms with Gasteiger partial charge < -0.3 is 14.6 Å². The van der Waals surface area contributed by atoms with Gasteiger partial charge in [0.25, 0.3) is 0 Å². The van der Waals surface area contributed by atoms with Gasteiger partial charge in [0.15, 0.2) is 0 Å². The fourth-order valence-corrected chi connectivity index (χ4v) is 5.19. The van der Waals surface area contributed by atoms with E-state index in [0.29, 0.717) is 22.9 Å². The van der Waals surface area contributed by atoms with Gasteiger partial charge in [0.1, 0.15) is 36.0 Å². The number of nitrogens with zero attached hydrogens (tertiary/aromatic N) is 2. The first-order valence-electron chi connectivity index (χ1n) is 12.3. The van der Waals surface area contributed by atoms with Crippen molar-refractivity contribution in [2.24, 2.45) is 5.92 Å². The average Bonchev–Trinajstić information content (AvgIpc) is 2.86. The number of phenols is 1. The van der Waals surface area contributed by atoms with Gasteiger partial charge in [-0.15, -0.1) is 0 Å². The fourth-order valence-electron chi connectivity index (χ4n) is 4.97. The highest BCUT2D eigenvalue weighted by molar-refractivity contribution is 6.32. The zero-order valence-electron chi connectivity index (χ0n) is 20.5. The van der Waals surface area contributed by atoms with Crippen molar-refractivity contribution in [1.29, 1.82) is 5.26 Å². The molecule has 184 valence electrons. The van der Waals surface area contributed by atoms with Crippen LogP contribution in [0.4, 0.5) is 0 Å². The van der Waals surface area contributed by atoms with Crippen LogP contribution in [0.2, 0.25) is 5.02 Å². The van der Waals surface area contributed by atoms with E-state index in [4.69, 9.17) is 21.1 Å². The predicted octanol–water partition coefficient (Wildman–Crippen LogP) is 6.70. The molecule has 0 spiro atoms. The molecule has 0 amide bonds. The van der Waals surface area contributed by atoms with Crippen LogP contribution in [0.5, 0.6) is 17.2 Å². The number of fused-ring (bicyclic) bond motifs is 1. The second kappa shape index (κ2) is 10.3. The van der Waals surface area contributed by atoms with E-state index >= 15 is 0 Å². The van der Waals surface area contributed by atoms with Crippen molar-refractivity contribution >= 4 is 22.7 Å². The standard InChI is InChI=1S/C30H29ClN2O3/c1-3-20-17-33(18-20)12-13-35-25-9-6-21(7-10-25)30-29(22-4-5-23(16-32)27(31)14-22)19(2)26-15-24(34)8-11-28(26)36-30/h4-11,14-15,20,30,34H,3,12-13,17-18H2,1-2H3/t30-/m0/s1. The number of likely N-dealkylation sites (tertiary alicyclic amines) is 1. The van der Waals surface area contributed by atoms with Crippen molar-refractivity contribution in [2.75, 3.05) is 26.2 Å². The fraction of sp³-hybridized carbons (Fsp3) is 0.300. The third kappa shape index (κ3) is 4.80. The van der Waals surface area contributed by atoms with Crippen LogP contribution >= 0.6 is 11.6 Å². The molecule has 3 aromatic carbocycles. The number of hydrogen-bond acceptors (Lipinski definition) is 5. The molecule has 2 aliphatic heterocycles. The topological polar surface area (TPSA) is 65.7 Å². The first-order chi connectivity index (χ1) is 17.5. The lowest BCUT2D eigenvalue weighted by Gasteiger charge is -2.38. The Labute approximate surface area is 217 Å². The van der Waals surface area contributed by atoms with Gasteiger partial charge in [-0.05, 0) is 72.0 Å². The molecule has 0 saturated carbocycles. The third-order valence-corrected chi connectivity index (χ3v) is 7.46. The largest absolute Gasteiger partial charge is 0.508 e. The highest BCUT2D eigenvalue weighted by Crippen LogP contribution is 2.47. The summed E-state index contributed by atoms with van der Waals surface area (Å²) in [4.78, 5) is 2.43. The van der Waals surface area contributed by atoms with Crippen LogP contribution in [0.15, 0.2) is 60.7 Å². The molecular weight excluding hydrogens is 472 g/mol. The van der Waals surface area contributed by atoms with Crippen molar-refractivity contribution in [3.05, 3.63) is 87.9 Å². The van der Waals surface area contributed by atoms with E-state index in [1.165, 1.54) is 19.5 Å². The molecule has 0 aromatic heterocycles. The average molecular weight is 501 g/mol. The van der Waals surface area contributed by atoms with E-state index in [2.05, 4.69) is 17.9 Å². The highest BCUT2D eigenvalue weighted by Gasteiger charge is 2.30. The number of phenolic OH excluding ortho intramolecular Hbond substituents is 1. The van der Waals surface area contributed by atoms with Gasteiger partial charge in [-0.25, -0.2) is 0 Å². The van der Waals surface area contributed by atoms with E-state index in [-0.39, 0.29) is 11.9 Å². The highest BCUT2D eigenvalue weighted by atomic mass is 35.5. The SMILES string of the molecule is CCC1CN(CCOc2ccc([C@@H]3Oc4ccc(O)cc4C(C)=C3c3ccc(C#N)c(Cl)c3)cc2)C1. The second-order valence-electron chi connectivity index (χ2n) is 9.47. The van der Waals surface area contributed by atoms with Crippen molar-refractivity contribution in [2.45, 2.75) is 26.4 Å². The third-order valence-electron chi connectivity index (χ3n) is 7.15. The molecule has 5 nitrogen and oxygen atoms in total. The predicted molar refractivity (Wildman–Crippen MR) is 142 cm³/mol. The summed E-state index contributed by atoms with van der Waals surface area (Å²) in [6, 6.07) is 20.7. The number of nitriles is 1. The minimum absolute atomic E-state index is 0.178. The summed E-state index contributed by atoms with van der Waals surface area (Å²) in [6.45, 7) is 8.22. The van der Waals surface area contributed by atoms with E-state index in [0.717, 1.165) is 46.0 Å². The number of halogens is 1. The Morgan fingerprint density at radius 2 is 1.89 bits per heavy atom. The first kappa shape index (κ1) is 24.2. The maximum atomic E-state index is 10.1. The smallest absolute Gasteiger partial charge is 0.150 e. The number of allylic oxidation sites excluding steroid dienone is 1. The van der Waals surface area contributed by atoms with Gasteiger partial charge in [0, 0.05) is 30.8 Å². The summed E-state index contributed by atoms with van der Waals surface area (Å²) < 4.78 is 12.5. The molecule has 6 heteroatoms. The number of hydrogen-bond donors (Lipinski definition) is 1. The molecule has 36 heavy (non-hydrogen) atoms.